The van der Waals surface area contributed by atoms with E-state index in [0.29, 0.717) is 0 Å². The van der Waals surface area contributed by atoms with Crippen LogP contribution in [0, 0.1) is 6.92 Å². The van der Waals surface area contributed by atoms with Crippen molar-refractivity contribution in [3.8, 4) is 11.4 Å². The summed E-state index contributed by atoms with van der Waals surface area (Å²) < 4.78 is 6.69. The van der Waals surface area contributed by atoms with Crippen LogP contribution in [0.1, 0.15) is 5.56 Å². The Morgan fingerprint density at radius 2 is 1.83 bits per heavy atom. The van der Waals surface area contributed by atoms with E-state index in [4.69, 9.17) is 9.72 Å². The quantitative estimate of drug-likeness (QED) is 0.505. The zero-order valence-corrected chi connectivity index (χ0v) is 17.1. The Bertz CT molecular complexity index is 1130. The van der Waals surface area contributed by atoms with Gasteiger partial charge in [-0.3, -0.25) is 0 Å². The molecule has 1 saturated heterocycles. The minimum atomic E-state index is 0.750. The van der Waals surface area contributed by atoms with Crippen molar-refractivity contribution in [2.45, 2.75) is 6.92 Å². The second kappa shape index (κ2) is 7.81. The Kier molecular flexibility index (Phi) is 4.87. The molecule has 0 saturated carbocycles. The van der Waals surface area contributed by atoms with Gasteiger partial charge in [-0.25, -0.2) is 9.97 Å². The minimum absolute atomic E-state index is 0.750. The third kappa shape index (κ3) is 3.69. The third-order valence-electron chi connectivity index (χ3n) is 5.20. The number of fused-ring (bicyclic) bond motifs is 1. The van der Waals surface area contributed by atoms with Gasteiger partial charge in [0.2, 0.25) is 0 Å². The third-order valence-corrected chi connectivity index (χ3v) is 6.16. The topological polar surface area (TPSA) is 50.3 Å². The highest BCUT2D eigenvalue weighted by Crippen LogP contribution is 2.33. The largest absolute Gasteiger partial charge is 0.378 e. The van der Waals surface area contributed by atoms with Gasteiger partial charge in [0.15, 0.2) is 5.82 Å². The van der Waals surface area contributed by atoms with Crippen molar-refractivity contribution in [2.24, 2.45) is 0 Å². The van der Waals surface area contributed by atoms with Crippen LogP contribution in [0.25, 0.3) is 21.5 Å². The molecule has 2 aromatic carbocycles. The van der Waals surface area contributed by atoms with Gasteiger partial charge < -0.3 is 15.0 Å². The van der Waals surface area contributed by atoms with Gasteiger partial charge in [-0.2, -0.15) is 0 Å². The van der Waals surface area contributed by atoms with E-state index in [1.165, 1.54) is 15.8 Å². The molecular weight excluding hydrogens is 380 g/mol. The van der Waals surface area contributed by atoms with Crippen molar-refractivity contribution in [2.75, 3.05) is 36.5 Å². The van der Waals surface area contributed by atoms with Gasteiger partial charge in [0.05, 0.1) is 13.2 Å². The van der Waals surface area contributed by atoms with Gasteiger partial charge in [0.25, 0.3) is 0 Å². The maximum absolute atomic E-state index is 5.44. The number of hydrogen-bond donors (Lipinski definition) is 1. The van der Waals surface area contributed by atoms with Crippen LogP contribution < -0.4 is 10.2 Å². The van der Waals surface area contributed by atoms with Gasteiger partial charge in [-0.15, -0.1) is 11.3 Å². The van der Waals surface area contributed by atoms with Crippen LogP contribution in [0.3, 0.4) is 0 Å². The van der Waals surface area contributed by atoms with Crippen molar-refractivity contribution in [3.63, 3.8) is 0 Å². The number of hydrogen-bond acceptors (Lipinski definition) is 6. The average Bonchev–Trinajstić information content (AvgIpc) is 3.21. The number of nitrogens with one attached hydrogen (secondary N) is 1. The number of ether oxygens (including phenoxy) is 1. The minimum Gasteiger partial charge on any atom is -0.378 e. The number of anilines is 3. The normalized spacial score (nSPS) is 14.3. The first-order valence-corrected chi connectivity index (χ1v) is 10.7. The lowest BCUT2D eigenvalue weighted by Gasteiger charge is -2.28. The van der Waals surface area contributed by atoms with Crippen LogP contribution >= 0.6 is 11.3 Å². The van der Waals surface area contributed by atoms with Crippen LogP contribution in [0.2, 0.25) is 0 Å². The van der Waals surface area contributed by atoms with E-state index in [2.05, 4.69) is 69.1 Å². The van der Waals surface area contributed by atoms with Crippen molar-refractivity contribution in [1.82, 2.24) is 9.97 Å². The number of thiophene rings is 1. The molecule has 4 aromatic rings. The Balaban J connectivity index is 1.40. The van der Waals surface area contributed by atoms with Crippen LogP contribution in [0.5, 0.6) is 0 Å². The van der Waals surface area contributed by atoms with Gasteiger partial charge >= 0.3 is 0 Å². The lowest BCUT2D eigenvalue weighted by Crippen LogP contribution is -2.36. The average molecular weight is 403 g/mol. The highest BCUT2D eigenvalue weighted by atomic mass is 32.1. The summed E-state index contributed by atoms with van der Waals surface area (Å²) in [6.45, 7) is 5.49. The maximum Gasteiger partial charge on any atom is 0.162 e. The fourth-order valence-corrected chi connectivity index (χ4v) is 4.50. The van der Waals surface area contributed by atoms with Crippen LogP contribution in [-0.4, -0.2) is 36.3 Å². The lowest BCUT2D eigenvalue weighted by molar-refractivity contribution is 0.122. The molecular formula is C23H22N4OS. The second-order valence-electron chi connectivity index (χ2n) is 7.14. The molecule has 0 aliphatic carbocycles. The number of rotatable bonds is 4. The summed E-state index contributed by atoms with van der Waals surface area (Å²) >= 11 is 1.72. The maximum atomic E-state index is 5.44. The van der Waals surface area contributed by atoms with E-state index >= 15 is 0 Å². The summed E-state index contributed by atoms with van der Waals surface area (Å²) in [4.78, 5) is 11.8. The Hall–Kier alpha value is -2.96. The van der Waals surface area contributed by atoms with Crippen molar-refractivity contribution in [3.05, 3.63) is 65.7 Å². The monoisotopic (exact) mass is 402 g/mol. The molecule has 1 N–H and O–H groups in total. The summed E-state index contributed by atoms with van der Waals surface area (Å²) in [5.74, 6) is 1.59. The molecule has 0 radical (unpaired) electrons. The number of aryl methyl sites for hydroxylation is 1. The summed E-state index contributed by atoms with van der Waals surface area (Å²) in [5, 5.41) is 6.79. The molecule has 0 bridgehead atoms. The summed E-state index contributed by atoms with van der Waals surface area (Å²) in [5.41, 5.74) is 4.34. The standard InChI is InChI=1S/C23H22N4OS/c1-16-14-24-23(20-15-29-21-5-3-2-4-19(20)21)26-22(16)25-17-6-8-18(9-7-17)27-10-12-28-13-11-27/h2-9,14-15H,10-13H2,1H3,(H,24,25,26). The lowest BCUT2D eigenvalue weighted by atomic mass is 10.1. The second-order valence-corrected chi connectivity index (χ2v) is 8.05. The molecule has 29 heavy (non-hydrogen) atoms. The highest BCUT2D eigenvalue weighted by molar-refractivity contribution is 7.17. The van der Waals surface area contributed by atoms with Crippen LogP contribution in [0.4, 0.5) is 17.2 Å². The molecule has 5 nitrogen and oxygen atoms in total. The molecule has 5 rings (SSSR count). The van der Waals surface area contributed by atoms with Crippen LogP contribution in [-0.2, 0) is 4.74 Å². The van der Waals surface area contributed by atoms with E-state index in [1.807, 2.05) is 13.1 Å². The summed E-state index contributed by atoms with van der Waals surface area (Å²) in [6.07, 6.45) is 1.89. The van der Waals surface area contributed by atoms with E-state index in [1.54, 1.807) is 11.3 Å². The molecule has 146 valence electrons. The molecule has 0 atom stereocenters. The Morgan fingerprint density at radius 1 is 1.03 bits per heavy atom. The molecule has 1 aliphatic rings. The van der Waals surface area contributed by atoms with Crippen molar-refractivity contribution in [1.29, 1.82) is 0 Å². The van der Waals surface area contributed by atoms with Gasteiger partial charge in [-0.1, -0.05) is 18.2 Å². The first-order chi connectivity index (χ1) is 14.3. The predicted molar refractivity (Wildman–Crippen MR) is 120 cm³/mol. The first-order valence-electron chi connectivity index (χ1n) is 9.78. The molecule has 0 spiro atoms. The molecule has 0 unspecified atom stereocenters. The Labute approximate surface area is 174 Å². The molecule has 2 aromatic heterocycles. The van der Waals surface area contributed by atoms with E-state index in [0.717, 1.165) is 54.8 Å². The number of morpholine rings is 1. The number of nitrogens with zero attached hydrogens (tertiary/aromatic N) is 3. The first kappa shape index (κ1) is 18.1. The van der Waals surface area contributed by atoms with Crippen molar-refractivity contribution >= 4 is 38.6 Å². The van der Waals surface area contributed by atoms with E-state index < -0.39 is 0 Å². The summed E-state index contributed by atoms with van der Waals surface area (Å²) in [6, 6.07) is 16.9. The fourth-order valence-electron chi connectivity index (χ4n) is 3.56. The zero-order chi connectivity index (χ0) is 19.6. The fraction of sp³-hybridized carbons (Fsp3) is 0.217. The summed E-state index contributed by atoms with van der Waals surface area (Å²) in [7, 11) is 0. The van der Waals surface area contributed by atoms with Crippen LogP contribution in [0.15, 0.2) is 60.1 Å². The van der Waals surface area contributed by atoms with Gasteiger partial charge in [0, 0.05) is 57.3 Å². The Morgan fingerprint density at radius 3 is 2.66 bits per heavy atom. The molecule has 1 fully saturated rings. The molecule has 6 heteroatoms. The number of benzene rings is 2. The smallest absolute Gasteiger partial charge is 0.162 e. The van der Waals surface area contributed by atoms with Gasteiger partial charge in [0.1, 0.15) is 5.82 Å². The SMILES string of the molecule is Cc1cnc(-c2csc3ccccc23)nc1Nc1ccc(N2CCOCC2)cc1. The zero-order valence-electron chi connectivity index (χ0n) is 16.3. The molecule has 3 heterocycles. The predicted octanol–water partition coefficient (Wildman–Crippen LogP) is 5.25. The van der Waals surface area contributed by atoms with E-state index in [9.17, 15) is 0 Å². The molecule has 1 aliphatic heterocycles. The van der Waals surface area contributed by atoms with Gasteiger partial charge in [-0.05, 0) is 37.3 Å². The molecule has 0 amide bonds. The number of aromatic nitrogens is 2. The van der Waals surface area contributed by atoms with E-state index in [-0.39, 0.29) is 0 Å². The highest BCUT2D eigenvalue weighted by Gasteiger charge is 2.13. The van der Waals surface area contributed by atoms with Crippen molar-refractivity contribution < 1.29 is 4.74 Å².